The van der Waals surface area contributed by atoms with Crippen LogP contribution in [-0.4, -0.2) is 16.6 Å². The summed E-state index contributed by atoms with van der Waals surface area (Å²) >= 11 is 7.72. The molecule has 20 heavy (non-hydrogen) atoms. The van der Waals surface area contributed by atoms with Crippen LogP contribution in [0.25, 0.3) is 10.2 Å². The maximum atomic E-state index is 6.18. The van der Waals surface area contributed by atoms with E-state index in [1.165, 1.54) is 11.3 Å². The molecule has 3 aromatic rings. The highest BCUT2D eigenvalue weighted by atomic mass is 35.5. The molecule has 0 saturated heterocycles. The minimum atomic E-state index is -0.339. The number of para-hydroxylation sites is 2. The standard InChI is InChI=1S/C14H9ClN2O2S/c15-12-8-5-6-20-14(8)17-13(16-12)11-7-18-9-3-1-2-4-10(9)19-11/h1-6,11H,7H2. The number of thiophene rings is 1. The van der Waals surface area contributed by atoms with Gasteiger partial charge in [-0.05, 0) is 23.6 Å². The Balaban J connectivity index is 1.74. The second-order valence-corrected chi connectivity index (χ2v) is 5.63. The summed E-state index contributed by atoms with van der Waals surface area (Å²) in [4.78, 5) is 9.70. The van der Waals surface area contributed by atoms with Crippen LogP contribution in [0.15, 0.2) is 35.7 Å². The summed E-state index contributed by atoms with van der Waals surface area (Å²) in [6.45, 7) is 0.379. The van der Waals surface area contributed by atoms with Gasteiger partial charge in [-0.2, -0.15) is 0 Å². The van der Waals surface area contributed by atoms with Crippen LogP contribution in [0.4, 0.5) is 0 Å². The lowest BCUT2D eigenvalue weighted by molar-refractivity contribution is 0.0853. The van der Waals surface area contributed by atoms with Gasteiger partial charge in [0.15, 0.2) is 23.4 Å². The van der Waals surface area contributed by atoms with Crippen LogP contribution in [0.5, 0.6) is 11.5 Å². The van der Waals surface area contributed by atoms with E-state index in [2.05, 4.69) is 9.97 Å². The van der Waals surface area contributed by atoms with Gasteiger partial charge in [-0.15, -0.1) is 11.3 Å². The van der Waals surface area contributed by atoms with E-state index >= 15 is 0 Å². The molecule has 6 heteroatoms. The van der Waals surface area contributed by atoms with Gasteiger partial charge in [0.2, 0.25) is 0 Å². The van der Waals surface area contributed by atoms with Crippen molar-refractivity contribution in [3.63, 3.8) is 0 Å². The summed E-state index contributed by atoms with van der Waals surface area (Å²) in [6.07, 6.45) is -0.339. The number of ether oxygens (including phenoxy) is 2. The number of benzene rings is 1. The molecule has 0 amide bonds. The molecule has 1 aliphatic heterocycles. The summed E-state index contributed by atoms with van der Waals surface area (Å²) in [7, 11) is 0. The smallest absolute Gasteiger partial charge is 0.192 e. The molecule has 2 aromatic heterocycles. The highest BCUT2D eigenvalue weighted by Crippen LogP contribution is 2.36. The van der Waals surface area contributed by atoms with E-state index in [0.29, 0.717) is 23.3 Å². The Morgan fingerprint density at radius 3 is 2.90 bits per heavy atom. The lowest BCUT2D eigenvalue weighted by atomic mass is 10.2. The Morgan fingerprint density at radius 2 is 2.00 bits per heavy atom. The predicted octanol–water partition coefficient (Wildman–Crippen LogP) is 3.86. The van der Waals surface area contributed by atoms with Gasteiger partial charge in [-0.3, -0.25) is 0 Å². The highest BCUT2D eigenvalue weighted by molar-refractivity contribution is 7.16. The van der Waals surface area contributed by atoms with E-state index in [0.717, 1.165) is 16.0 Å². The van der Waals surface area contributed by atoms with E-state index in [1.54, 1.807) is 0 Å². The molecule has 0 saturated carbocycles. The first-order valence-electron chi connectivity index (χ1n) is 6.10. The molecule has 0 fully saturated rings. The zero-order chi connectivity index (χ0) is 13.5. The fraction of sp³-hybridized carbons (Fsp3) is 0.143. The fourth-order valence-corrected chi connectivity index (χ4v) is 3.19. The van der Waals surface area contributed by atoms with Gasteiger partial charge in [0, 0.05) is 5.39 Å². The number of hydrogen-bond donors (Lipinski definition) is 0. The molecule has 3 heterocycles. The molecule has 4 rings (SSSR count). The monoisotopic (exact) mass is 304 g/mol. The van der Waals surface area contributed by atoms with Crippen molar-refractivity contribution in [2.24, 2.45) is 0 Å². The van der Waals surface area contributed by atoms with Crippen LogP contribution in [-0.2, 0) is 0 Å². The maximum absolute atomic E-state index is 6.18. The molecule has 0 bridgehead atoms. The minimum Gasteiger partial charge on any atom is -0.485 e. The molecular formula is C14H9ClN2O2S. The molecule has 1 atom stereocenters. The van der Waals surface area contributed by atoms with Crippen molar-refractivity contribution >= 4 is 33.2 Å². The predicted molar refractivity (Wildman–Crippen MR) is 77.7 cm³/mol. The molecule has 0 radical (unpaired) electrons. The van der Waals surface area contributed by atoms with Crippen LogP contribution < -0.4 is 9.47 Å². The van der Waals surface area contributed by atoms with Crippen molar-refractivity contribution in [3.05, 3.63) is 46.7 Å². The third-order valence-electron chi connectivity index (χ3n) is 3.09. The quantitative estimate of drug-likeness (QED) is 0.640. The van der Waals surface area contributed by atoms with Crippen molar-refractivity contribution in [1.29, 1.82) is 0 Å². The Labute approximate surface area is 124 Å². The molecule has 0 aliphatic carbocycles. The lowest BCUT2D eigenvalue weighted by Crippen LogP contribution is -2.23. The third-order valence-corrected chi connectivity index (χ3v) is 4.19. The van der Waals surface area contributed by atoms with Gasteiger partial charge in [-0.25, -0.2) is 9.97 Å². The number of aromatic nitrogens is 2. The van der Waals surface area contributed by atoms with Crippen LogP contribution in [0.2, 0.25) is 5.15 Å². The average molecular weight is 305 g/mol. The van der Waals surface area contributed by atoms with Gasteiger partial charge in [0.25, 0.3) is 0 Å². The SMILES string of the molecule is Clc1nc(C2COc3ccccc3O2)nc2sccc12. The summed E-state index contributed by atoms with van der Waals surface area (Å²) < 4.78 is 11.6. The number of hydrogen-bond acceptors (Lipinski definition) is 5. The average Bonchev–Trinajstić information content (AvgIpc) is 2.96. The van der Waals surface area contributed by atoms with Crippen molar-refractivity contribution in [3.8, 4) is 11.5 Å². The first kappa shape index (κ1) is 11.9. The fourth-order valence-electron chi connectivity index (χ4n) is 2.13. The van der Waals surface area contributed by atoms with Crippen molar-refractivity contribution in [2.75, 3.05) is 6.61 Å². The molecular weight excluding hydrogens is 296 g/mol. The highest BCUT2D eigenvalue weighted by Gasteiger charge is 2.25. The van der Waals surface area contributed by atoms with Gasteiger partial charge in [-0.1, -0.05) is 23.7 Å². The summed E-state index contributed by atoms with van der Waals surface area (Å²) in [5, 5.41) is 3.27. The van der Waals surface area contributed by atoms with Crippen LogP contribution in [0.1, 0.15) is 11.9 Å². The van der Waals surface area contributed by atoms with Gasteiger partial charge >= 0.3 is 0 Å². The van der Waals surface area contributed by atoms with E-state index in [9.17, 15) is 0 Å². The topological polar surface area (TPSA) is 44.2 Å². The molecule has 0 N–H and O–H groups in total. The van der Waals surface area contributed by atoms with Gasteiger partial charge < -0.3 is 9.47 Å². The Kier molecular flexibility index (Phi) is 2.75. The number of rotatable bonds is 1. The number of fused-ring (bicyclic) bond motifs is 2. The van der Waals surface area contributed by atoms with Crippen molar-refractivity contribution in [1.82, 2.24) is 9.97 Å². The molecule has 4 nitrogen and oxygen atoms in total. The van der Waals surface area contributed by atoms with E-state index in [-0.39, 0.29) is 6.10 Å². The zero-order valence-corrected chi connectivity index (χ0v) is 11.8. The molecule has 1 unspecified atom stereocenters. The Bertz CT molecular complexity index is 790. The van der Waals surface area contributed by atoms with Crippen LogP contribution in [0.3, 0.4) is 0 Å². The summed E-state index contributed by atoms with van der Waals surface area (Å²) in [5.74, 6) is 2.00. The minimum absolute atomic E-state index is 0.339. The molecule has 0 spiro atoms. The summed E-state index contributed by atoms with van der Waals surface area (Å²) in [5.41, 5.74) is 0. The normalized spacial score (nSPS) is 17.4. The molecule has 1 aromatic carbocycles. The zero-order valence-electron chi connectivity index (χ0n) is 10.2. The van der Waals surface area contributed by atoms with E-state index in [4.69, 9.17) is 21.1 Å². The molecule has 1 aliphatic rings. The maximum Gasteiger partial charge on any atom is 0.192 e. The Morgan fingerprint density at radius 1 is 1.15 bits per heavy atom. The van der Waals surface area contributed by atoms with Crippen molar-refractivity contribution < 1.29 is 9.47 Å². The first-order chi connectivity index (χ1) is 9.81. The van der Waals surface area contributed by atoms with E-state index in [1.807, 2.05) is 35.7 Å². The third kappa shape index (κ3) is 1.90. The number of halogens is 1. The van der Waals surface area contributed by atoms with Gasteiger partial charge in [0.05, 0.1) is 0 Å². The largest absolute Gasteiger partial charge is 0.485 e. The van der Waals surface area contributed by atoms with Crippen LogP contribution in [0, 0.1) is 0 Å². The van der Waals surface area contributed by atoms with E-state index < -0.39 is 0 Å². The lowest BCUT2D eigenvalue weighted by Gasteiger charge is -2.25. The van der Waals surface area contributed by atoms with Crippen LogP contribution >= 0.6 is 22.9 Å². The first-order valence-corrected chi connectivity index (χ1v) is 7.36. The Hall–Kier alpha value is -1.85. The molecule has 100 valence electrons. The second kappa shape index (κ2) is 4.61. The van der Waals surface area contributed by atoms with Gasteiger partial charge in [0.1, 0.15) is 16.6 Å². The number of nitrogens with zero attached hydrogens (tertiary/aromatic N) is 2. The van der Waals surface area contributed by atoms with Crippen molar-refractivity contribution in [2.45, 2.75) is 6.10 Å². The summed E-state index contributed by atoms with van der Waals surface area (Å²) in [6, 6.07) is 9.47. The second-order valence-electron chi connectivity index (χ2n) is 4.38.